The summed E-state index contributed by atoms with van der Waals surface area (Å²) < 4.78 is 10.2. The van der Waals surface area contributed by atoms with Gasteiger partial charge in [-0.05, 0) is 18.6 Å². The van der Waals surface area contributed by atoms with Gasteiger partial charge in [-0.1, -0.05) is 12.1 Å². The molecule has 15 heavy (non-hydrogen) atoms. The number of esters is 1. The lowest BCUT2D eigenvalue weighted by Gasteiger charge is -2.26. The van der Waals surface area contributed by atoms with E-state index in [4.69, 9.17) is 4.74 Å². The highest BCUT2D eigenvalue weighted by molar-refractivity contribution is 5.81. The Morgan fingerprint density at radius 1 is 1.60 bits per heavy atom. The monoisotopic (exact) mass is 207 g/mol. The number of para-hydroxylation sites is 1. The van der Waals surface area contributed by atoms with Crippen molar-refractivity contribution in [2.24, 2.45) is 0 Å². The molecule has 1 aromatic carbocycles. The van der Waals surface area contributed by atoms with Gasteiger partial charge in [-0.2, -0.15) is 0 Å². The molecule has 0 radical (unpaired) electrons. The van der Waals surface area contributed by atoms with E-state index >= 15 is 0 Å². The first-order valence-corrected chi connectivity index (χ1v) is 4.79. The van der Waals surface area contributed by atoms with Crippen molar-refractivity contribution in [2.75, 3.05) is 19.0 Å². The third-order valence-corrected chi connectivity index (χ3v) is 2.42. The van der Waals surface area contributed by atoms with E-state index in [-0.39, 0.29) is 5.97 Å². The minimum absolute atomic E-state index is 0.304. The van der Waals surface area contributed by atoms with Crippen molar-refractivity contribution in [2.45, 2.75) is 13.0 Å². The number of anilines is 1. The van der Waals surface area contributed by atoms with Crippen LogP contribution in [0.3, 0.4) is 0 Å². The maximum Gasteiger partial charge on any atom is 0.331 e. The molecule has 0 fully saturated rings. The molecule has 0 saturated carbocycles. The summed E-state index contributed by atoms with van der Waals surface area (Å²) in [5, 5.41) is 3.09. The first-order valence-electron chi connectivity index (χ1n) is 4.79. The highest BCUT2D eigenvalue weighted by atomic mass is 16.5. The summed E-state index contributed by atoms with van der Waals surface area (Å²) in [4.78, 5) is 11.3. The van der Waals surface area contributed by atoms with Gasteiger partial charge in [0.25, 0.3) is 0 Å². The third-order valence-electron chi connectivity index (χ3n) is 2.42. The quantitative estimate of drug-likeness (QED) is 0.706. The van der Waals surface area contributed by atoms with Crippen LogP contribution in [-0.2, 0) is 9.53 Å². The van der Waals surface area contributed by atoms with Crippen LogP contribution in [0, 0.1) is 6.92 Å². The van der Waals surface area contributed by atoms with Gasteiger partial charge in [0, 0.05) is 0 Å². The van der Waals surface area contributed by atoms with Gasteiger partial charge in [-0.25, -0.2) is 4.79 Å². The molecule has 0 aromatic heterocycles. The van der Waals surface area contributed by atoms with E-state index in [1.165, 1.54) is 7.11 Å². The summed E-state index contributed by atoms with van der Waals surface area (Å²) >= 11 is 0. The number of hydrogen-bond donors (Lipinski definition) is 1. The standard InChI is InChI=1S/C11H13NO3/c1-7-4-3-5-8-10(7)15-6-9(12-8)11(13)14-2/h3-5,9,12H,6H2,1-2H3. The molecule has 0 saturated heterocycles. The van der Waals surface area contributed by atoms with Crippen LogP contribution < -0.4 is 10.1 Å². The first kappa shape index (κ1) is 9.83. The fourth-order valence-electron chi connectivity index (χ4n) is 1.62. The Kier molecular flexibility index (Phi) is 2.49. The Morgan fingerprint density at radius 2 is 2.40 bits per heavy atom. The summed E-state index contributed by atoms with van der Waals surface area (Å²) in [6.07, 6.45) is 0. The molecule has 0 aliphatic carbocycles. The van der Waals surface area contributed by atoms with Crippen molar-refractivity contribution >= 4 is 11.7 Å². The van der Waals surface area contributed by atoms with Crippen LogP contribution in [0.25, 0.3) is 0 Å². The maximum absolute atomic E-state index is 11.3. The summed E-state index contributed by atoms with van der Waals surface area (Å²) in [7, 11) is 1.37. The number of rotatable bonds is 1. The van der Waals surface area contributed by atoms with Crippen molar-refractivity contribution < 1.29 is 14.3 Å². The van der Waals surface area contributed by atoms with E-state index in [2.05, 4.69) is 10.1 Å². The van der Waals surface area contributed by atoms with E-state index in [0.29, 0.717) is 6.61 Å². The van der Waals surface area contributed by atoms with Crippen molar-refractivity contribution in [3.05, 3.63) is 23.8 Å². The van der Waals surface area contributed by atoms with Gasteiger partial charge in [0.1, 0.15) is 12.4 Å². The second-order valence-electron chi connectivity index (χ2n) is 3.48. The smallest absolute Gasteiger partial charge is 0.331 e. The Balaban J connectivity index is 2.24. The van der Waals surface area contributed by atoms with Crippen molar-refractivity contribution in [1.29, 1.82) is 0 Å². The molecule has 1 atom stereocenters. The molecular weight excluding hydrogens is 194 g/mol. The molecule has 1 aliphatic heterocycles. The molecule has 80 valence electrons. The van der Waals surface area contributed by atoms with Crippen LogP contribution in [0.4, 0.5) is 5.69 Å². The molecule has 0 spiro atoms. The van der Waals surface area contributed by atoms with E-state index in [1.54, 1.807) is 0 Å². The molecule has 2 rings (SSSR count). The van der Waals surface area contributed by atoms with Gasteiger partial charge in [-0.3, -0.25) is 0 Å². The van der Waals surface area contributed by atoms with Gasteiger partial charge in [-0.15, -0.1) is 0 Å². The minimum Gasteiger partial charge on any atom is -0.488 e. The van der Waals surface area contributed by atoms with Crippen LogP contribution in [-0.4, -0.2) is 25.7 Å². The summed E-state index contributed by atoms with van der Waals surface area (Å²) in [6.45, 7) is 2.28. The number of methoxy groups -OCH3 is 1. The fourth-order valence-corrected chi connectivity index (χ4v) is 1.62. The molecule has 0 amide bonds. The first-order chi connectivity index (χ1) is 7.22. The number of aryl methyl sites for hydroxylation is 1. The molecular formula is C11H13NO3. The highest BCUT2D eigenvalue weighted by Gasteiger charge is 2.26. The van der Waals surface area contributed by atoms with Gasteiger partial charge >= 0.3 is 5.97 Å². The highest BCUT2D eigenvalue weighted by Crippen LogP contribution is 2.32. The average molecular weight is 207 g/mol. The molecule has 4 nitrogen and oxygen atoms in total. The van der Waals surface area contributed by atoms with Crippen LogP contribution in [0.15, 0.2) is 18.2 Å². The Bertz CT molecular complexity index is 389. The molecule has 1 heterocycles. The number of ether oxygens (including phenoxy) is 2. The van der Waals surface area contributed by atoms with Crippen molar-refractivity contribution in [3.8, 4) is 5.75 Å². The van der Waals surface area contributed by atoms with E-state index < -0.39 is 6.04 Å². The lowest BCUT2D eigenvalue weighted by atomic mass is 10.1. The molecule has 1 aromatic rings. The topological polar surface area (TPSA) is 47.6 Å². The van der Waals surface area contributed by atoms with Crippen molar-refractivity contribution in [3.63, 3.8) is 0 Å². The van der Waals surface area contributed by atoms with Gasteiger partial charge < -0.3 is 14.8 Å². The predicted molar refractivity (Wildman–Crippen MR) is 56.1 cm³/mol. The maximum atomic E-state index is 11.3. The Hall–Kier alpha value is -1.71. The number of carbonyl (C=O) groups is 1. The number of benzene rings is 1. The summed E-state index contributed by atoms with van der Waals surface area (Å²) in [5.41, 5.74) is 1.90. The van der Waals surface area contributed by atoms with Crippen LogP contribution in [0.5, 0.6) is 5.75 Å². The minimum atomic E-state index is -0.413. The van der Waals surface area contributed by atoms with E-state index in [1.807, 2.05) is 25.1 Å². The summed E-state index contributed by atoms with van der Waals surface area (Å²) in [5.74, 6) is 0.514. The van der Waals surface area contributed by atoms with Crippen LogP contribution in [0.1, 0.15) is 5.56 Å². The Labute approximate surface area is 88.2 Å². The van der Waals surface area contributed by atoms with Crippen LogP contribution >= 0.6 is 0 Å². The lowest BCUT2D eigenvalue weighted by Crippen LogP contribution is -2.39. The molecule has 1 unspecified atom stereocenters. The number of hydrogen-bond acceptors (Lipinski definition) is 4. The van der Waals surface area contributed by atoms with Gasteiger partial charge in [0.05, 0.1) is 12.8 Å². The lowest BCUT2D eigenvalue weighted by molar-refractivity contribution is -0.142. The fraction of sp³-hybridized carbons (Fsp3) is 0.364. The van der Waals surface area contributed by atoms with Gasteiger partial charge in [0.15, 0.2) is 6.04 Å². The third kappa shape index (κ3) is 1.75. The van der Waals surface area contributed by atoms with Crippen LogP contribution in [0.2, 0.25) is 0 Å². The summed E-state index contributed by atoms with van der Waals surface area (Å²) in [6, 6.07) is 5.37. The normalized spacial score (nSPS) is 18.4. The van der Waals surface area contributed by atoms with Crippen molar-refractivity contribution in [1.82, 2.24) is 0 Å². The second-order valence-corrected chi connectivity index (χ2v) is 3.48. The van der Waals surface area contributed by atoms with E-state index in [0.717, 1.165) is 17.0 Å². The zero-order chi connectivity index (χ0) is 10.8. The molecule has 1 N–H and O–H groups in total. The predicted octanol–water partition coefficient (Wildman–Crippen LogP) is 1.34. The zero-order valence-electron chi connectivity index (χ0n) is 8.74. The zero-order valence-corrected chi connectivity index (χ0v) is 8.74. The molecule has 4 heteroatoms. The average Bonchev–Trinajstić information content (AvgIpc) is 2.28. The van der Waals surface area contributed by atoms with E-state index in [9.17, 15) is 4.79 Å². The molecule has 1 aliphatic rings. The SMILES string of the molecule is COC(=O)C1COc2c(C)cccc2N1. The van der Waals surface area contributed by atoms with Gasteiger partial charge in [0.2, 0.25) is 0 Å². The Morgan fingerprint density at radius 3 is 3.13 bits per heavy atom. The number of carbonyl (C=O) groups excluding carboxylic acids is 1. The largest absolute Gasteiger partial charge is 0.488 e. The second kappa shape index (κ2) is 3.81. The number of fused-ring (bicyclic) bond motifs is 1. The number of nitrogens with one attached hydrogen (secondary N) is 1. The molecule has 0 bridgehead atoms.